The lowest BCUT2D eigenvalue weighted by Crippen LogP contribution is -2.36. The molecule has 0 radical (unpaired) electrons. The number of carbonyl (C=O) groups excluding carboxylic acids is 2. The van der Waals surface area contributed by atoms with Gasteiger partial charge in [-0.2, -0.15) is 9.97 Å². The first kappa shape index (κ1) is 43.4. The van der Waals surface area contributed by atoms with Crippen LogP contribution in [0.1, 0.15) is 56.7 Å². The Kier molecular flexibility index (Phi) is 15.1. The molecule has 6 aromatic rings. The van der Waals surface area contributed by atoms with E-state index in [-0.39, 0.29) is 13.5 Å². The van der Waals surface area contributed by atoms with Crippen molar-refractivity contribution in [3.05, 3.63) is 102 Å². The molecule has 2 aliphatic rings. The van der Waals surface area contributed by atoms with E-state index in [4.69, 9.17) is 21.6 Å². The van der Waals surface area contributed by atoms with Crippen LogP contribution in [-0.2, 0) is 19.5 Å². The molecule has 308 valence electrons. The summed E-state index contributed by atoms with van der Waals surface area (Å²) >= 11 is 4.90. The third-order valence-electron chi connectivity index (χ3n) is 10.2. The number of hydrogen-bond acceptors (Lipinski definition) is 8. The standard InChI is InChI=1S/C21H26N6O.C19H22N4.C3H6ClNO.CH4/c1-24(2)21(28)25(3)17-13-18-19(22-14-17)23-20(26-11-7-8-12-26)27(18)15-16-9-5-4-6-10-16;1-2-15-12-17-18(20-13-15)21-19(22-10-6-7-11-22)23(17)14-16-8-4-3-5-9-16;1-5(2)3(4)6;/h4-6,9-10,13-14H,7-8,11-12,15H2,1-3H3;3-5,8-9,12-13H,2,6-7,10-11,14H2,1H3;1-2H3;1H4. The number of anilines is 3. The molecule has 13 nitrogen and oxygen atoms in total. The normalized spacial score (nSPS) is 13.4. The minimum atomic E-state index is -0.435. The molecule has 2 aliphatic heterocycles. The molecule has 0 spiro atoms. The first-order valence-corrected chi connectivity index (χ1v) is 20.0. The van der Waals surface area contributed by atoms with Crippen LogP contribution in [0.4, 0.5) is 27.2 Å². The molecule has 3 amide bonds. The molecule has 0 unspecified atom stereocenters. The van der Waals surface area contributed by atoms with Gasteiger partial charge in [-0.1, -0.05) is 75.0 Å². The molecular weight excluding hydrogens is 750 g/mol. The van der Waals surface area contributed by atoms with Gasteiger partial charge in [0.15, 0.2) is 11.3 Å². The first-order chi connectivity index (χ1) is 27.5. The van der Waals surface area contributed by atoms with Crippen molar-refractivity contribution in [2.45, 2.75) is 59.5 Å². The van der Waals surface area contributed by atoms with Crippen molar-refractivity contribution in [1.82, 2.24) is 38.9 Å². The van der Waals surface area contributed by atoms with Crippen LogP contribution in [0.5, 0.6) is 0 Å². The Hall–Kier alpha value is -5.69. The van der Waals surface area contributed by atoms with Gasteiger partial charge in [0.2, 0.25) is 11.9 Å². The van der Waals surface area contributed by atoms with Crippen LogP contribution in [0.15, 0.2) is 85.2 Å². The minimum Gasteiger partial charge on any atom is -0.342 e. The van der Waals surface area contributed by atoms with E-state index in [1.807, 2.05) is 18.3 Å². The van der Waals surface area contributed by atoms with Gasteiger partial charge in [-0.05, 0) is 72.5 Å². The highest BCUT2D eigenvalue weighted by atomic mass is 35.5. The van der Waals surface area contributed by atoms with Crippen molar-refractivity contribution in [3.8, 4) is 0 Å². The number of benzene rings is 2. The number of halogens is 1. The minimum absolute atomic E-state index is 0. The van der Waals surface area contributed by atoms with E-state index in [0.717, 1.165) is 80.0 Å². The van der Waals surface area contributed by atoms with Gasteiger partial charge in [0.25, 0.3) is 0 Å². The molecule has 0 saturated carbocycles. The highest BCUT2D eigenvalue weighted by Gasteiger charge is 2.23. The third-order valence-corrected chi connectivity index (χ3v) is 10.5. The molecule has 4 aromatic heterocycles. The lowest BCUT2D eigenvalue weighted by molar-refractivity contribution is 0.225. The van der Waals surface area contributed by atoms with Crippen LogP contribution >= 0.6 is 11.6 Å². The van der Waals surface area contributed by atoms with E-state index in [1.54, 1.807) is 51.2 Å². The number of aromatic nitrogens is 6. The maximum absolute atomic E-state index is 12.4. The number of urea groups is 1. The fourth-order valence-corrected chi connectivity index (χ4v) is 6.97. The Morgan fingerprint density at radius 2 is 1.07 bits per heavy atom. The number of aryl methyl sites for hydroxylation is 1. The molecular formula is C44H58ClN11O2. The number of carbonyl (C=O) groups is 2. The summed E-state index contributed by atoms with van der Waals surface area (Å²) in [6.45, 7) is 7.96. The van der Waals surface area contributed by atoms with Gasteiger partial charge in [-0.15, -0.1) is 0 Å². The van der Waals surface area contributed by atoms with Crippen LogP contribution in [0.2, 0.25) is 0 Å². The summed E-state index contributed by atoms with van der Waals surface area (Å²) in [5.41, 5.74) is 8.21. The van der Waals surface area contributed by atoms with Crippen molar-refractivity contribution in [2.75, 3.05) is 76.1 Å². The Balaban J connectivity index is 0.000000193. The summed E-state index contributed by atoms with van der Waals surface area (Å²) in [4.78, 5) is 50.2. The van der Waals surface area contributed by atoms with Gasteiger partial charge in [0.05, 0.1) is 36.0 Å². The Labute approximate surface area is 347 Å². The molecule has 8 rings (SSSR count). The number of pyridine rings is 2. The number of imidazole rings is 2. The highest BCUT2D eigenvalue weighted by Crippen LogP contribution is 2.29. The largest absolute Gasteiger partial charge is 0.342 e. The second kappa shape index (κ2) is 20.1. The van der Waals surface area contributed by atoms with Gasteiger partial charge in [0.1, 0.15) is 0 Å². The number of amides is 3. The van der Waals surface area contributed by atoms with E-state index in [9.17, 15) is 9.59 Å². The van der Waals surface area contributed by atoms with Crippen molar-refractivity contribution in [3.63, 3.8) is 0 Å². The fourth-order valence-electron chi connectivity index (χ4n) is 6.97. The van der Waals surface area contributed by atoms with Gasteiger partial charge < -0.3 is 28.7 Å². The average Bonchev–Trinajstić information content (AvgIpc) is 4.06. The molecule has 14 heteroatoms. The topological polar surface area (TPSA) is 112 Å². The van der Waals surface area contributed by atoms with Gasteiger partial charge >= 0.3 is 11.4 Å². The maximum atomic E-state index is 12.4. The third kappa shape index (κ3) is 10.4. The number of rotatable bonds is 8. The summed E-state index contributed by atoms with van der Waals surface area (Å²) in [6, 6.07) is 25.2. The van der Waals surface area contributed by atoms with Gasteiger partial charge in [-0.25, -0.2) is 14.8 Å². The highest BCUT2D eigenvalue weighted by molar-refractivity contribution is 6.62. The predicted molar refractivity (Wildman–Crippen MR) is 238 cm³/mol. The van der Waals surface area contributed by atoms with E-state index >= 15 is 0 Å². The molecule has 58 heavy (non-hydrogen) atoms. The lowest BCUT2D eigenvalue weighted by atomic mass is 10.2. The number of fused-ring (bicyclic) bond motifs is 2. The van der Waals surface area contributed by atoms with Gasteiger partial charge in [-0.3, -0.25) is 9.69 Å². The molecule has 2 saturated heterocycles. The Bertz CT molecular complexity index is 2240. The van der Waals surface area contributed by atoms with Crippen molar-refractivity contribution in [2.24, 2.45) is 0 Å². The van der Waals surface area contributed by atoms with E-state index in [0.29, 0.717) is 5.65 Å². The summed E-state index contributed by atoms with van der Waals surface area (Å²) in [7, 11) is 8.45. The van der Waals surface area contributed by atoms with Crippen molar-refractivity contribution < 1.29 is 9.59 Å². The molecule has 2 aromatic carbocycles. The lowest BCUT2D eigenvalue weighted by Gasteiger charge is -2.22. The van der Waals surface area contributed by atoms with Crippen LogP contribution < -0.4 is 14.7 Å². The van der Waals surface area contributed by atoms with Crippen molar-refractivity contribution in [1.29, 1.82) is 0 Å². The van der Waals surface area contributed by atoms with E-state index < -0.39 is 5.37 Å². The smallest absolute Gasteiger partial charge is 0.323 e. The monoisotopic (exact) mass is 807 g/mol. The summed E-state index contributed by atoms with van der Waals surface area (Å²) in [5, 5.41) is -0.435. The SMILES string of the molecule is C.CCc1cnc2nc(N3CCCC3)n(Cc3ccccc3)c2c1.CN(C)C(=O)Cl.CN(C)C(=O)N(C)c1cnc2nc(N3CCCC3)n(Cc3ccccc3)c2c1. The first-order valence-electron chi connectivity index (χ1n) is 19.6. The van der Waals surface area contributed by atoms with Gasteiger partial charge in [0, 0.05) is 67.6 Å². The zero-order chi connectivity index (χ0) is 40.5. The zero-order valence-corrected chi connectivity index (χ0v) is 34.7. The molecule has 0 atom stereocenters. The average molecular weight is 808 g/mol. The van der Waals surface area contributed by atoms with E-state index in [2.05, 4.69) is 96.5 Å². The zero-order valence-electron chi connectivity index (χ0n) is 34.0. The van der Waals surface area contributed by atoms with E-state index in [1.165, 1.54) is 47.3 Å². The molecule has 0 N–H and O–H groups in total. The molecule has 6 heterocycles. The van der Waals surface area contributed by atoms with Crippen LogP contribution in [0, 0.1) is 0 Å². The van der Waals surface area contributed by atoms with Crippen LogP contribution in [0.3, 0.4) is 0 Å². The summed E-state index contributed by atoms with van der Waals surface area (Å²) in [5.74, 6) is 2.03. The Morgan fingerprint density at radius 1 is 0.638 bits per heavy atom. The maximum Gasteiger partial charge on any atom is 0.323 e. The summed E-state index contributed by atoms with van der Waals surface area (Å²) < 4.78 is 4.56. The van der Waals surface area contributed by atoms with Crippen molar-refractivity contribution >= 4 is 62.9 Å². The van der Waals surface area contributed by atoms with Crippen LogP contribution in [-0.4, -0.2) is 112 Å². The number of hydrogen-bond donors (Lipinski definition) is 0. The Morgan fingerprint density at radius 3 is 1.48 bits per heavy atom. The second-order valence-electron chi connectivity index (χ2n) is 14.8. The molecule has 0 bridgehead atoms. The molecule has 0 aliphatic carbocycles. The van der Waals surface area contributed by atoms with Crippen LogP contribution in [0.25, 0.3) is 22.3 Å². The fraction of sp³-hybridized carbons (Fsp3) is 0.409. The summed E-state index contributed by atoms with van der Waals surface area (Å²) in [6.07, 6.45) is 9.55. The quantitative estimate of drug-likeness (QED) is 0.111. The second-order valence-corrected chi connectivity index (χ2v) is 15.1. The predicted octanol–water partition coefficient (Wildman–Crippen LogP) is 8.38. The number of nitrogens with zero attached hydrogens (tertiary/aromatic N) is 11. The molecule has 2 fully saturated rings.